The number of rotatable bonds is 7. The number of nitrogens with one attached hydrogen (secondary N) is 2. The SMILES string of the molecule is COC[C@@H](C)NC(=O)[C@@H](C)NS(=O)(=O)c1ccc(Cl)cc1. The Morgan fingerprint density at radius 3 is 2.38 bits per heavy atom. The molecule has 1 amide bonds. The molecule has 1 rings (SSSR count). The fraction of sp³-hybridized carbons (Fsp3) is 0.462. The molecule has 0 spiro atoms. The minimum absolute atomic E-state index is 0.0523. The molecule has 6 nitrogen and oxygen atoms in total. The zero-order valence-electron chi connectivity index (χ0n) is 12.1. The molecular weight excluding hydrogens is 316 g/mol. The van der Waals surface area contributed by atoms with E-state index in [1.165, 1.54) is 38.3 Å². The molecular formula is C13H19ClN2O4S. The molecule has 118 valence electrons. The van der Waals surface area contributed by atoms with Gasteiger partial charge in [-0.15, -0.1) is 0 Å². The standard InChI is InChI=1S/C13H19ClN2O4S/c1-9(8-20-3)15-13(17)10(2)16-21(18,19)12-6-4-11(14)5-7-12/h4-7,9-10,16H,8H2,1-3H3,(H,15,17)/t9-,10-/m1/s1. The van der Waals surface area contributed by atoms with Gasteiger partial charge in [0, 0.05) is 18.2 Å². The maximum Gasteiger partial charge on any atom is 0.241 e. The van der Waals surface area contributed by atoms with E-state index < -0.39 is 22.0 Å². The molecule has 21 heavy (non-hydrogen) atoms. The molecule has 1 aromatic rings. The van der Waals surface area contributed by atoms with E-state index in [1.54, 1.807) is 6.92 Å². The summed E-state index contributed by atoms with van der Waals surface area (Å²) in [6, 6.07) is 4.60. The predicted molar refractivity (Wildman–Crippen MR) is 80.7 cm³/mol. The number of hydrogen-bond donors (Lipinski definition) is 2. The minimum Gasteiger partial charge on any atom is -0.383 e. The average molecular weight is 335 g/mol. The maximum absolute atomic E-state index is 12.1. The van der Waals surface area contributed by atoms with Crippen LogP contribution < -0.4 is 10.0 Å². The molecule has 0 fully saturated rings. The quantitative estimate of drug-likeness (QED) is 0.783. The first-order valence-corrected chi connectivity index (χ1v) is 8.19. The van der Waals surface area contributed by atoms with Crippen LogP contribution in [0.25, 0.3) is 0 Å². The van der Waals surface area contributed by atoms with Gasteiger partial charge in [0.15, 0.2) is 0 Å². The van der Waals surface area contributed by atoms with Crippen LogP contribution in [-0.4, -0.2) is 40.1 Å². The molecule has 2 N–H and O–H groups in total. The van der Waals surface area contributed by atoms with Crippen LogP contribution in [0.2, 0.25) is 5.02 Å². The van der Waals surface area contributed by atoms with Crippen molar-refractivity contribution in [1.29, 1.82) is 0 Å². The van der Waals surface area contributed by atoms with Gasteiger partial charge in [-0.3, -0.25) is 4.79 Å². The summed E-state index contributed by atoms with van der Waals surface area (Å²) in [7, 11) is -2.25. The lowest BCUT2D eigenvalue weighted by molar-refractivity contribution is -0.123. The Hall–Kier alpha value is -1.15. The van der Waals surface area contributed by atoms with Gasteiger partial charge in [-0.25, -0.2) is 8.42 Å². The number of carbonyl (C=O) groups excluding carboxylic acids is 1. The second-order valence-corrected chi connectivity index (χ2v) is 6.81. The molecule has 0 saturated carbocycles. The van der Waals surface area contributed by atoms with Crippen molar-refractivity contribution in [2.75, 3.05) is 13.7 Å². The van der Waals surface area contributed by atoms with E-state index in [1.807, 2.05) is 0 Å². The van der Waals surface area contributed by atoms with Gasteiger partial charge in [-0.05, 0) is 38.1 Å². The zero-order valence-corrected chi connectivity index (χ0v) is 13.7. The fourth-order valence-corrected chi connectivity index (χ4v) is 2.96. The van der Waals surface area contributed by atoms with Gasteiger partial charge in [0.2, 0.25) is 15.9 Å². The topological polar surface area (TPSA) is 84.5 Å². The lowest BCUT2D eigenvalue weighted by atomic mass is 10.3. The number of ether oxygens (including phenoxy) is 1. The van der Waals surface area contributed by atoms with Crippen molar-refractivity contribution in [3.63, 3.8) is 0 Å². The first-order chi connectivity index (χ1) is 9.76. The third-order valence-corrected chi connectivity index (χ3v) is 4.46. The summed E-state index contributed by atoms with van der Waals surface area (Å²) >= 11 is 5.71. The normalized spacial score (nSPS) is 14.5. The van der Waals surface area contributed by atoms with E-state index in [4.69, 9.17) is 16.3 Å². The largest absolute Gasteiger partial charge is 0.383 e. The van der Waals surface area contributed by atoms with E-state index in [0.717, 1.165) is 0 Å². The Balaban J connectivity index is 2.70. The summed E-state index contributed by atoms with van der Waals surface area (Å²) in [6.07, 6.45) is 0. The van der Waals surface area contributed by atoms with Crippen molar-refractivity contribution in [3.8, 4) is 0 Å². The highest BCUT2D eigenvalue weighted by molar-refractivity contribution is 7.89. The molecule has 0 aromatic heterocycles. The van der Waals surface area contributed by atoms with Crippen LogP contribution in [0.1, 0.15) is 13.8 Å². The summed E-state index contributed by atoms with van der Waals surface area (Å²) < 4.78 is 31.4. The van der Waals surface area contributed by atoms with Crippen LogP contribution in [0.4, 0.5) is 0 Å². The summed E-state index contributed by atoms with van der Waals surface area (Å²) in [5.74, 6) is -0.419. The van der Waals surface area contributed by atoms with E-state index >= 15 is 0 Å². The Morgan fingerprint density at radius 1 is 1.29 bits per heavy atom. The van der Waals surface area contributed by atoms with Crippen LogP contribution in [0.3, 0.4) is 0 Å². The molecule has 0 unspecified atom stereocenters. The lowest BCUT2D eigenvalue weighted by Gasteiger charge is -2.18. The van der Waals surface area contributed by atoms with Crippen LogP contribution in [0, 0.1) is 0 Å². The summed E-state index contributed by atoms with van der Waals surface area (Å²) in [6.45, 7) is 3.59. The van der Waals surface area contributed by atoms with Crippen molar-refractivity contribution >= 4 is 27.5 Å². The first kappa shape index (κ1) is 17.9. The predicted octanol–water partition coefficient (Wildman–Crippen LogP) is 1.16. The Morgan fingerprint density at radius 2 is 1.86 bits per heavy atom. The number of methoxy groups -OCH3 is 1. The highest BCUT2D eigenvalue weighted by Crippen LogP contribution is 2.14. The summed E-state index contributed by atoms with van der Waals surface area (Å²) in [4.78, 5) is 11.9. The van der Waals surface area contributed by atoms with Gasteiger partial charge in [0.1, 0.15) is 0 Å². The van der Waals surface area contributed by atoms with E-state index in [0.29, 0.717) is 11.6 Å². The Bertz CT molecular complexity index is 574. The average Bonchev–Trinajstić information content (AvgIpc) is 2.38. The van der Waals surface area contributed by atoms with Gasteiger partial charge < -0.3 is 10.1 Å². The highest BCUT2D eigenvalue weighted by Gasteiger charge is 2.22. The number of amides is 1. The second-order valence-electron chi connectivity index (χ2n) is 4.66. The van der Waals surface area contributed by atoms with Gasteiger partial charge in [0.05, 0.1) is 17.5 Å². The van der Waals surface area contributed by atoms with Crippen LogP contribution >= 0.6 is 11.6 Å². The van der Waals surface area contributed by atoms with Crippen LogP contribution in [0.5, 0.6) is 0 Å². The smallest absolute Gasteiger partial charge is 0.241 e. The third kappa shape index (κ3) is 5.62. The van der Waals surface area contributed by atoms with E-state index in [-0.39, 0.29) is 10.9 Å². The number of hydrogen-bond acceptors (Lipinski definition) is 4. The second kappa shape index (κ2) is 7.74. The van der Waals surface area contributed by atoms with Crippen LogP contribution in [-0.2, 0) is 19.6 Å². The molecule has 0 aliphatic rings. The third-order valence-electron chi connectivity index (χ3n) is 2.65. The number of sulfonamides is 1. The molecule has 2 atom stereocenters. The number of halogens is 1. The van der Waals surface area contributed by atoms with Crippen molar-refractivity contribution in [3.05, 3.63) is 29.3 Å². The highest BCUT2D eigenvalue weighted by atomic mass is 35.5. The molecule has 0 aliphatic carbocycles. The van der Waals surface area contributed by atoms with Crippen LogP contribution in [0.15, 0.2) is 29.2 Å². The summed E-state index contributed by atoms with van der Waals surface area (Å²) in [5, 5.41) is 3.09. The molecule has 0 bridgehead atoms. The number of benzene rings is 1. The maximum atomic E-state index is 12.1. The monoisotopic (exact) mass is 334 g/mol. The summed E-state index contributed by atoms with van der Waals surface area (Å²) in [5.41, 5.74) is 0. The fourth-order valence-electron chi connectivity index (χ4n) is 1.63. The Labute approximate surface area is 129 Å². The van der Waals surface area contributed by atoms with E-state index in [2.05, 4.69) is 10.0 Å². The van der Waals surface area contributed by atoms with Gasteiger partial charge in [0.25, 0.3) is 0 Å². The van der Waals surface area contributed by atoms with Crippen molar-refractivity contribution in [2.45, 2.75) is 30.8 Å². The molecule has 0 radical (unpaired) electrons. The molecule has 0 heterocycles. The first-order valence-electron chi connectivity index (χ1n) is 6.33. The van der Waals surface area contributed by atoms with Crippen molar-refractivity contribution < 1.29 is 17.9 Å². The van der Waals surface area contributed by atoms with E-state index in [9.17, 15) is 13.2 Å². The van der Waals surface area contributed by atoms with Crippen molar-refractivity contribution in [1.82, 2.24) is 10.0 Å². The molecule has 1 aromatic carbocycles. The zero-order chi connectivity index (χ0) is 16.0. The lowest BCUT2D eigenvalue weighted by Crippen LogP contribution is -2.48. The number of carbonyl (C=O) groups is 1. The van der Waals surface area contributed by atoms with Crippen molar-refractivity contribution in [2.24, 2.45) is 0 Å². The molecule has 8 heteroatoms. The van der Waals surface area contributed by atoms with Gasteiger partial charge in [-0.1, -0.05) is 11.6 Å². The van der Waals surface area contributed by atoms with Gasteiger partial charge in [-0.2, -0.15) is 4.72 Å². The molecule has 0 saturated heterocycles. The van der Waals surface area contributed by atoms with Gasteiger partial charge >= 0.3 is 0 Å². The molecule has 0 aliphatic heterocycles. The Kier molecular flexibility index (Phi) is 6.60. The minimum atomic E-state index is -3.77.